The second kappa shape index (κ2) is 15.7. The Morgan fingerprint density at radius 2 is 0.618 bits per heavy atom. The molecule has 14 aromatic rings. The summed E-state index contributed by atoms with van der Waals surface area (Å²) in [7, 11) is 0. The zero-order valence-corrected chi connectivity index (χ0v) is 39.0. The summed E-state index contributed by atoms with van der Waals surface area (Å²) in [6.07, 6.45) is -14.2. The third kappa shape index (κ3) is 6.46. The van der Waals surface area contributed by atoms with Crippen LogP contribution in [0.15, 0.2) is 188 Å². The maximum atomic E-state index is 14.7. The van der Waals surface area contributed by atoms with Gasteiger partial charge in [-0.25, -0.2) is 4.98 Å². The van der Waals surface area contributed by atoms with Gasteiger partial charge in [0.2, 0.25) is 0 Å². The van der Waals surface area contributed by atoms with E-state index in [1.54, 1.807) is 86.5 Å². The molecule has 5 heterocycles. The first-order chi connectivity index (χ1) is 36.6. The maximum Gasteiger partial charge on any atom is 0.416 e. The number of para-hydroxylation sites is 4. The molecule has 0 aliphatic carbocycles. The van der Waals surface area contributed by atoms with E-state index < -0.39 is 35.2 Å². The molecule has 15 heteroatoms. The summed E-state index contributed by atoms with van der Waals surface area (Å²) in [5.74, 6) is 0.118. The van der Waals surface area contributed by atoms with Crippen LogP contribution in [0.4, 0.5) is 39.5 Å². The molecule has 0 bridgehead atoms. The summed E-state index contributed by atoms with van der Waals surface area (Å²) in [5.41, 5.74) is 0.417. The van der Waals surface area contributed by atoms with Gasteiger partial charge in [-0.2, -0.15) is 44.8 Å². The van der Waals surface area contributed by atoms with Gasteiger partial charge in [-0.3, -0.25) is 9.13 Å². The molecule has 0 aliphatic heterocycles. The Balaban J connectivity index is 1.27. The molecule has 368 valence electrons. The third-order valence-electron chi connectivity index (χ3n) is 14.6. The standard InChI is InChI=1S/C61H31F9N6/c62-59(63,64)35-21-24-51-43(29-35)39-14-3-7-17-47(39)73(51)55-46(32-71)56(74-48-18-8-4-15-40(48)44-30-36(60(65,66)67)22-25-52(44)74)58(76-50-20-10-5-13-38(50)42-27-33-11-1-2-12-34(33)28-54(42)76)72-57(55)75-49-19-9-6-16-41(49)45-31-37(61(68,69)70)23-26-53(45)75/h1-31H. The van der Waals surface area contributed by atoms with Crippen molar-refractivity contribution in [3.63, 3.8) is 0 Å². The molecule has 0 unspecified atom stereocenters. The van der Waals surface area contributed by atoms with Gasteiger partial charge in [0.15, 0.2) is 11.6 Å². The van der Waals surface area contributed by atoms with Gasteiger partial charge in [0, 0.05) is 43.1 Å². The number of benzene rings is 9. The number of halogens is 9. The van der Waals surface area contributed by atoms with Crippen LogP contribution >= 0.6 is 0 Å². The molecule has 0 radical (unpaired) electrons. The first-order valence-electron chi connectivity index (χ1n) is 23.8. The van der Waals surface area contributed by atoms with Gasteiger partial charge in [0.05, 0.1) is 60.8 Å². The van der Waals surface area contributed by atoms with Gasteiger partial charge in [-0.05, 0) is 102 Å². The van der Waals surface area contributed by atoms with Gasteiger partial charge in [-0.1, -0.05) is 97.1 Å². The molecule has 0 spiro atoms. The molecule has 0 amide bonds. The molecule has 0 saturated carbocycles. The lowest BCUT2D eigenvalue weighted by Crippen LogP contribution is -2.16. The van der Waals surface area contributed by atoms with Crippen LogP contribution < -0.4 is 0 Å². The van der Waals surface area contributed by atoms with Crippen LogP contribution in [0.1, 0.15) is 22.3 Å². The second-order valence-electron chi connectivity index (χ2n) is 18.8. The zero-order valence-electron chi connectivity index (χ0n) is 39.0. The molecule has 0 atom stereocenters. The van der Waals surface area contributed by atoms with Crippen molar-refractivity contribution in [1.82, 2.24) is 23.3 Å². The van der Waals surface area contributed by atoms with E-state index in [1.807, 2.05) is 65.2 Å². The highest BCUT2D eigenvalue weighted by atomic mass is 19.4. The number of alkyl halides is 9. The fraction of sp³-hybridized carbons (Fsp3) is 0.0492. The average Bonchev–Trinajstić information content (AvgIpc) is 4.14. The van der Waals surface area contributed by atoms with Gasteiger partial charge >= 0.3 is 18.5 Å². The number of nitriles is 1. The molecule has 76 heavy (non-hydrogen) atoms. The van der Waals surface area contributed by atoms with E-state index in [-0.39, 0.29) is 61.3 Å². The number of aromatic nitrogens is 5. The van der Waals surface area contributed by atoms with Gasteiger partial charge in [0.1, 0.15) is 23.0 Å². The van der Waals surface area contributed by atoms with E-state index in [1.165, 1.54) is 18.2 Å². The molecule has 0 saturated heterocycles. The molecule has 0 N–H and O–H groups in total. The van der Waals surface area contributed by atoms with E-state index in [9.17, 15) is 44.8 Å². The minimum atomic E-state index is -4.74. The second-order valence-corrected chi connectivity index (χ2v) is 18.8. The molecule has 5 aromatic heterocycles. The summed E-state index contributed by atoms with van der Waals surface area (Å²) >= 11 is 0. The highest BCUT2D eigenvalue weighted by Gasteiger charge is 2.37. The van der Waals surface area contributed by atoms with Gasteiger partial charge in [-0.15, -0.1) is 0 Å². The van der Waals surface area contributed by atoms with Crippen molar-refractivity contribution in [3.05, 3.63) is 210 Å². The van der Waals surface area contributed by atoms with Crippen LogP contribution in [-0.4, -0.2) is 23.3 Å². The first kappa shape index (κ1) is 45.1. The minimum absolute atomic E-state index is 0.00987. The monoisotopic (exact) mass is 1020 g/mol. The van der Waals surface area contributed by atoms with Crippen molar-refractivity contribution < 1.29 is 39.5 Å². The Morgan fingerprint density at radius 3 is 1.00 bits per heavy atom. The molecule has 0 aliphatic rings. The highest BCUT2D eigenvalue weighted by molar-refractivity contribution is 6.16. The van der Waals surface area contributed by atoms with Crippen molar-refractivity contribution in [2.75, 3.05) is 0 Å². The van der Waals surface area contributed by atoms with Crippen LogP contribution in [0, 0.1) is 11.3 Å². The Labute approximate surface area is 422 Å². The topological polar surface area (TPSA) is 56.4 Å². The number of pyridine rings is 1. The number of hydrogen-bond acceptors (Lipinski definition) is 2. The third-order valence-corrected chi connectivity index (χ3v) is 14.6. The first-order valence-corrected chi connectivity index (χ1v) is 23.8. The van der Waals surface area contributed by atoms with E-state index in [2.05, 4.69) is 6.07 Å². The summed E-state index contributed by atoms with van der Waals surface area (Å²) in [6.45, 7) is 0. The molecule has 9 aromatic carbocycles. The normalized spacial score (nSPS) is 12.8. The Bertz CT molecular complexity index is 4860. The van der Waals surface area contributed by atoms with E-state index in [0.29, 0.717) is 43.7 Å². The summed E-state index contributed by atoms with van der Waals surface area (Å²) in [5, 5.41) is 17.4. The maximum absolute atomic E-state index is 14.7. The van der Waals surface area contributed by atoms with Crippen LogP contribution in [0.2, 0.25) is 0 Å². The summed E-state index contributed by atoms with van der Waals surface area (Å²) < 4.78 is 139. The van der Waals surface area contributed by atoms with Crippen molar-refractivity contribution in [2.24, 2.45) is 0 Å². The average molecular weight is 1020 g/mol. The highest BCUT2D eigenvalue weighted by Crippen LogP contribution is 2.47. The number of nitrogens with zero attached hydrogens (tertiary/aromatic N) is 6. The number of rotatable bonds is 4. The van der Waals surface area contributed by atoms with Crippen molar-refractivity contribution in [3.8, 4) is 29.1 Å². The van der Waals surface area contributed by atoms with E-state index >= 15 is 0 Å². The van der Waals surface area contributed by atoms with Crippen LogP contribution in [0.5, 0.6) is 0 Å². The Hall–Kier alpha value is -9.55. The van der Waals surface area contributed by atoms with Crippen LogP contribution in [-0.2, 0) is 18.5 Å². The van der Waals surface area contributed by atoms with Gasteiger partial charge < -0.3 is 9.13 Å². The summed E-state index contributed by atoms with van der Waals surface area (Å²) in [4.78, 5) is 5.72. The largest absolute Gasteiger partial charge is 0.416 e. The quantitative estimate of drug-likeness (QED) is 0.165. The number of hydrogen-bond donors (Lipinski definition) is 0. The summed E-state index contributed by atoms with van der Waals surface area (Å²) in [6, 6.07) is 52.2. The zero-order chi connectivity index (χ0) is 52.2. The van der Waals surface area contributed by atoms with Crippen molar-refractivity contribution >= 4 is 98.0 Å². The van der Waals surface area contributed by atoms with Crippen molar-refractivity contribution in [1.29, 1.82) is 5.26 Å². The van der Waals surface area contributed by atoms with E-state index in [4.69, 9.17) is 4.98 Å². The predicted molar refractivity (Wildman–Crippen MR) is 279 cm³/mol. The fourth-order valence-electron chi connectivity index (χ4n) is 11.4. The predicted octanol–water partition coefficient (Wildman–Crippen LogP) is 17.6. The van der Waals surface area contributed by atoms with Crippen LogP contribution in [0.25, 0.3) is 121 Å². The Kier molecular flexibility index (Phi) is 9.34. The molecule has 6 nitrogen and oxygen atoms in total. The number of fused-ring (bicyclic) bond motifs is 13. The lowest BCUT2D eigenvalue weighted by atomic mass is 10.1. The van der Waals surface area contributed by atoms with Crippen molar-refractivity contribution in [2.45, 2.75) is 18.5 Å². The molecule has 14 rings (SSSR count). The van der Waals surface area contributed by atoms with Crippen LogP contribution in [0.3, 0.4) is 0 Å². The molecular formula is C61H31F9N6. The smallest absolute Gasteiger partial charge is 0.305 e. The van der Waals surface area contributed by atoms with Gasteiger partial charge in [0.25, 0.3) is 0 Å². The lowest BCUT2D eigenvalue weighted by Gasteiger charge is -2.24. The molecule has 0 fully saturated rings. The lowest BCUT2D eigenvalue weighted by molar-refractivity contribution is -0.138. The fourth-order valence-corrected chi connectivity index (χ4v) is 11.4. The Morgan fingerprint density at radius 1 is 0.316 bits per heavy atom. The van der Waals surface area contributed by atoms with E-state index in [0.717, 1.165) is 57.9 Å². The SMILES string of the molecule is N#Cc1c(-n2c3ccccc3c3cc(C(F)(F)F)ccc32)c(-n2c3ccccc3c3cc(C(F)(F)F)ccc32)nc(-n2c3ccccc3c3cc4ccccc4cc32)c1-n1c2ccccc2c2cc(C(F)(F)F)ccc21. The minimum Gasteiger partial charge on any atom is -0.305 e. The molecular weight excluding hydrogens is 988 g/mol.